The highest BCUT2D eigenvalue weighted by molar-refractivity contribution is 5.40. The number of hydrogen-bond acceptors (Lipinski definition) is 4. The molecule has 0 saturated heterocycles. The topological polar surface area (TPSA) is 72.6 Å². The molecule has 0 radical (unpaired) electrons. The van der Waals surface area contributed by atoms with Crippen LogP contribution in [-0.4, -0.2) is 10.0 Å². The van der Waals surface area contributed by atoms with Gasteiger partial charge < -0.3 is 9.84 Å². The number of hydrogen-bond donors (Lipinski definition) is 1. The molecule has 0 bridgehead atoms. The van der Waals surface area contributed by atoms with E-state index in [0.29, 0.717) is 5.75 Å². The van der Waals surface area contributed by atoms with Crippen LogP contribution in [0.5, 0.6) is 11.5 Å². The summed E-state index contributed by atoms with van der Waals surface area (Å²) in [6.45, 7) is 1.64. The summed E-state index contributed by atoms with van der Waals surface area (Å²) in [6, 6.07) is 9.95. The Labute approximate surface area is 114 Å². The zero-order chi connectivity index (χ0) is 14.7. The molecule has 2 rings (SSSR count). The Morgan fingerprint density at radius 2 is 1.80 bits per heavy atom. The monoisotopic (exact) mass is 277 g/mol. The molecule has 104 valence electrons. The zero-order valence-corrected chi connectivity index (χ0v) is 10.6. The molecule has 2 aromatic rings. The number of benzene rings is 2. The summed E-state index contributed by atoms with van der Waals surface area (Å²) < 4.78 is 18.8. The number of nitrogens with zero attached hydrogens (tertiary/aromatic N) is 1. The van der Waals surface area contributed by atoms with Crippen LogP contribution < -0.4 is 4.74 Å². The molecule has 0 unspecified atom stereocenters. The van der Waals surface area contributed by atoms with Crippen molar-refractivity contribution in [3.05, 3.63) is 64.0 Å². The molecule has 0 saturated carbocycles. The molecule has 1 atom stereocenters. The summed E-state index contributed by atoms with van der Waals surface area (Å²) in [4.78, 5) is 9.70. The second-order valence-electron chi connectivity index (χ2n) is 4.22. The molecular formula is C14H12FNO4. The normalized spacial score (nSPS) is 11.9. The summed E-state index contributed by atoms with van der Waals surface area (Å²) in [5, 5.41) is 19.9. The first-order valence-corrected chi connectivity index (χ1v) is 5.87. The lowest BCUT2D eigenvalue weighted by atomic mass is 10.1. The first-order chi connectivity index (χ1) is 9.47. The predicted octanol–water partition coefficient (Wildman–Crippen LogP) is 3.58. The summed E-state index contributed by atoms with van der Waals surface area (Å²) in [5.41, 5.74) is 0.133. The van der Waals surface area contributed by atoms with Crippen LogP contribution in [0.4, 0.5) is 10.1 Å². The highest BCUT2D eigenvalue weighted by Gasteiger charge is 2.14. The van der Waals surface area contributed by atoms with E-state index in [9.17, 15) is 19.6 Å². The quantitative estimate of drug-likeness (QED) is 0.684. The third-order valence-electron chi connectivity index (χ3n) is 2.71. The minimum Gasteiger partial charge on any atom is -0.457 e. The molecule has 2 aromatic carbocycles. The van der Waals surface area contributed by atoms with Gasteiger partial charge in [0.15, 0.2) is 0 Å². The minimum atomic E-state index is -0.951. The number of rotatable bonds is 4. The molecule has 0 amide bonds. The van der Waals surface area contributed by atoms with Crippen molar-refractivity contribution in [3.63, 3.8) is 0 Å². The number of halogens is 1. The van der Waals surface area contributed by atoms with E-state index in [2.05, 4.69) is 0 Å². The van der Waals surface area contributed by atoms with Crippen molar-refractivity contribution in [1.29, 1.82) is 0 Å². The molecule has 20 heavy (non-hydrogen) atoms. The van der Waals surface area contributed by atoms with Gasteiger partial charge >= 0.3 is 5.69 Å². The maximum atomic E-state index is 13.4. The Hall–Kier alpha value is -2.47. The molecule has 6 heteroatoms. The fourth-order valence-electron chi connectivity index (χ4n) is 1.65. The minimum absolute atomic E-state index is 0.165. The average Bonchev–Trinajstić information content (AvgIpc) is 2.39. The van der Waals surface area contributed by atoms with Crippen molar-refractivity contribution in [1.82, 2.24) is 0 Å². The molecule has 5 nitrogen and oxygen atoms in total. The largest absolute Gasteiger partial charge is 0.457 e. The Morgan fingerprint density at radius 3 is 2.30 bits per heavy atom. The number of aliphatic hydroxyl groups excluding tert-OH is 1. The van der Waals surface area contributed by atoms with Crippen LogP contribution in [0.15, 0.2) is 42.5 Å². The van der Waals surface area contributed by atoms with Crippen LogP contribution in [-0.2, 0) is 0 Å². The van der Waals surface area contributed by atoms with Crippen molar-refractivity contribution in [3.8, 4) is 11.5 Å². The van der Waals surface area contributed by atoms with Crippen LogP contribution in [0.3, 0.4) is 0 Å². The zero-order valence-electron chi connectivity index (χ0n) is 10.6. The Balaban J connectivity index is 2.17. The predicted molar refractivity (Wildman–Crippen MR) is 70.2 cm³/mol. The lowest BCUT2D eigenvalue weighted by molar-refractivity contribution is -0.387. The van der Waals surface area contributed by atoms with Gasteiger partial charge in [-0.15, -0.1) is 0 Å². The second-order valence-corrected chi connectivity index (χ2v) is 4.22. The average molecular weight is 277 g/mol. The fourth-order valence-corrected chi connectivity index (χ4v) is 1.65. The second kappa shape index (κ2) is 5.66. The summed E-state index contributed by atoms with van der Waals surface area (Å²) in [5.74, 6) is -0.339. The molecule has 0 fully saturated rings. The van der Waals surface area contributed by atoms with Crippen molar-refractivity contribution in [2.24, 2.45) is 0 Å². The van der Waals surface area contributed by atoms with Gasteiger partial charge in [-0.25, -0.2) is 0 Å². The maximum absolute atomic E-state index is 13.4. The SMILES string of the molecule is C[C@@H](O)c1ccc(Oc2ccc([N+](=O)[O-])c(F)c2)cc1. The molecule has 0 aromatic heterocycles. The van der Waals surface area contributed by atoms with Crippen LogP contribution in [0.2, 0.25) is 0 Å². The summed E-state index contributed by atoms with van der Waals surface area (Å²) in [6.07, 6.45) is -0.583. The first-order valence-electron chi connectivity index (χ1n) is 5.87. The van der Waals surface area contributed by atoms with Gasteiger partial charge in [0, 0.05) is 12.1 Å². The van der Waals surface area contributed by atoms with Gasteiger partial charge in [0.2, 0.25) is 5.82 Å². The van der Waals surface area contributed by atoms with E-state index in [4.69, 9.17) is 4.74 Å². The van der Waals surface area contributed by atoms with E-state index in [1.807, 2.05) is 0 Å². The van der Waals surface area contributed by atoms with Crippen LogP contribution in [0.25, 0.3) is 0 Å². The van der Waals surface area contributed by atoms with Crippen molar-refractivity contribution in [2.45, 2.75) is 13.0 Å². The third kappa shape index (κ3) is 3.10. The van der Waals surface area contributed by atoms with E-state index < -0.39 is 22.5 Å². The van der Waals surface area contributed by atoms with Crippen molar-refractivity contribution in [2.75, 3.05) is 0 Å². The van der Waals surface area contributed by atoms with Gasteiger partial charge in [-0.2, -0.15) is 4.39 Å². The van der Waals surface area contributed by atoms with Gasteiger partial charge in [0.05, 0.1) is 11.0 Å². The maximum Gasteiger partial charge on any atom is 0.305 e. The van der Waals surface area contributed by atoms with Gasteiger partial charge in [0.1, 0.15) is 11.5 Å². The summed E-state index contributed by atoms with van der Waals surface area (Å²) in [7, 11) is 0. The molecule has 0 heterocycles. The van der Waals surface area contributed by atoms with E-state index >= 15 is 0 Å². The van der Waals surface area contributed by atoms with E-state index in [1.165, 1.54) is 6.07 Å². The number of nitro benzene ring substituents is 1. The van der Waals surface area contributed by atoms with E-state index in [1.54, 1.807) is 31.2 Å². The van der Waals surface area contributed by atoms with Gasteiger partial charge in [0.25, 0.3) is 0 Å². The Bertz CT molecular complexity index is 626. The summed E-state index contributed by atoms with van der Waals surface area (Å²) >= 11 is 0. The number of nitro groups is 1. The molecule has 0 aliphatic heterocycles. The Morgan fingerprint density at radius 1 is 1.20 bits per heavy atom. The molecule has 0 aliphatic carbocycles. The lowest BCUT2D eigenvalue weighted by Gasteiger charge is -2.08. The van der Waals surface area contributed by atoms with E-state index in [-0.39, 0.29) is 5.75 Å². The fraction of sp³-hybridized carbons (Fsp3) is 0.143. The van der Waals surface area contributed by atoms with Crippen molar-refractivity contribution < 1.29 is 19.2 Å². The molecule has 0 aliphatic rings. The van der Waals surface area contributed by atoms with Crippen LogP contribution in [0, 0.1) is 15.9 Å². The highest BCUT2D eigenvalue weighted by atomic mass is 19.1. The number of aliphatic hydroxyl groups is 1. The molecular weight excluding hydrogens is 265 g/mol. The number of ether oxygens (including phenoxy) is 1. The third-order valence-corrected chi connectivity index (χ3v) is 2.71. The lowest BCUT2D eigenvalue weighted by Crippen LogP contribution is -1.94. The van der Waals surface area contributed by atoms with Crippen LogP contribution in [0.1, 0.15) is 18.6 Å². The van der Waals surface area contributed by atoms with Gasteiger partial charge in [-0.1, -0.05) is 12.1 Å². The highest BCUT2D eigenvalue weighted by Crippen LogP contribution is 2.27. The smallest absolute Gasteiger partial charge is 0.305 e. The molecule has 1 N–H and O–H groups in total. The standard InChI is InChI=1S/C14H12FNO4/c1-9(17)10-2-4-11(5-3-10)20-12-6-7-14(16(18)19)13(15)8-12/h2-9,17H,1H3/t9-/m1/s1. The van der Waals surface area contributed by atoms with Crippen molar-refractivity contribution >= 4 is 5.69 Å². The van der Waals surface area contributed by atoms with Crippen LogP contribution >= 0.6 is 0 Å². The Kier molecular flexibility index (Phi) is 3.95. The van der Waals surface area contributed by atoms with Gasteiger partial charge in [-0.3, -0.25) is 10.1 Å². The first kappa shape index (κ1) is 14.0. The molecule has 0 spiro atoms. The van der Waals surface area contributed by atoms with Gasteiger partial charge in [-0.05, 0) is 30.7 Å². The van der Waals surface area contributed by atoms with E-state index in [0.717, 1.165) is 17.7 Å².